The van der Waals surface area contributed by atoms with Crippen molar-refractivity contribution in [2.45, 2.75) is 66.1 Å². The highest BCUT2D eigenvalue weighted by atomic mass is 16.5. The van der Waals surface area contributed by atoms with E-state index in [1.807, 2.05) is 19.9 Å². The number of allylic oxidation sites excluding steroid dienone is 2. The first-order valence-electron chi connectivity index (χ1n) is 9.32. The van der Waals surface area contributed by atoms with Gasteiger partial charge in [0.2, 0.25) is 11.6 Å². The van der Waals surface area contributed by atoms with E-state index in [1.165, 1.54) is 0 Å². The number of aliphatic hydroxyl groups excluding tert-OH is 1. The molecule has 0 bridgehead atoms. The number of hydrogen-bond acceptors (Lipinski definition) is 4. The first-order valence-corrected chi connectivity index (χ1v) is 9.32. The molecule has 0 saturated heterocycles. The summed E-state index contributed by atoms with van der Waals surface area (Å²) < 4.78 is 5.66. The smallest absolute Gasteiger partial charge is 0.230 e. The first-order chi connectivity index (χ1) is 11.6. The Kier molecular flexibility index (Phi) is 4.36. The number of carbonyl (C=O) groups is 2. The molecule has 138 valence electrons. The molecule has 0 spiro atoms. The number of methoxy groups -OCH3 is 1. The second kappa shape index (κ2) is 5.88. The summed E-state index contributed by atoms with van der Waals surface area (Å²) in [7, 11) is 1.57. The van der Waals surface area contributed by atoms with E-state index in [9.17, 15) is 14.7 Å². The standard InChI is InChI=1S/C21H30O4/c1-11(2)12-10-13-14(16(23)15(12)22)21(5)9-7-8-20(3,4)19(21)17(24)18(13)25-6/h10-11,17-19,24H,7-9H2,1-6H3/t17-,18+,19-,21+/m0/s1. The van der Waals surface area contributed by atoms with Crippen molar-refractivity contribution >= 4 is 11.6 Å². The van der Waals surface area contributed by atoms with Gasteiger partial charge in [-0.2, -0.15) is 0 Å². The van der Waals surface area contributed by atoms with Gasteiger partial charge in [-0.15, -0.1) is 0 Å². The van der Waals surface area contributed by atoms with Crippen LogP contribution < -0.4 is 0 Å². The lowest BCUT2D eigenvalue weighted by Gasteiger charge is -2.58. The molecule has 0 aromatic rings. The number of ketones is 2. The van der Waals surface area contributed by atoms with Crippen LogP contribution in [0.25, 0.3) is 0 Å². The highest BCUT2D eigenvalue weighted by Gasteiger charge is 2.60. The Hall–Kier alpha value is -1.26. The zero-order valence-electron chi connectivity index (χ0n) is 16.2. The van der Waals surface area contributed by atoms with E-state index < -0.39 is 17.6 Å². The van der Waals surface area contributed by atoms with Crippen molar-refractivity contribution in [3.8, 4) is 0 Å². The van der Waals surface area contributed by atoms with Gasteiger partial charge in [-0.1, -0.05) is 41.0 Å². The van der Waals surface area contributed by atoms with Gasteiger partial charge in [0, 0.05) is 29.6 Å². The summed E-state index contributed by atoms with van der Waals surface area (Å²) in [6.07, 6.45) is 3.38. The summed E-state index contributed by atoms with van der Waals surface area (Å²) in [6, 6.07) is 0. The Labute approximate surface area is 150 Å². The average molecular weight is 346 g/mol. The van der Waals surface area contributed by atoms with Gasteiger partial charge in [-0.25, -0.2) is 0 Å². The molecule has 1 saturated carbocycles. The maximum absolute atomic E-state index is 13.1. The van der Waals surface area contributed by atoms with Gasteiger partial charge in [0.15, 0.2) is 0 Å². The highest BCUT2D eigenvalue weighted by Crippen LogP contribution is 2.60. The molecule has 4 atom stereocenters. The van der Waals surface area contributed by atoms with E-state index in [0.29, 0.717) is 11.1 Å². The van der Waals surface area contributed by atoms with Crippen LogP contribution in [0.1, 0.15) is 53.9 Å². The lowest BCUT2D eigenvalue weighted by molar-refractivity contribution is -0.142. The number of aliphatic hydroxyl groups is 1. The van der Waals surface area contributed by atoms with Gasteiger partial charge >= 0.3 is 0 Å². The van der Waals surface area contributed by atoms with Crippen molar-refractivity contribution in [2.75, 3.05) is 7.11 Å². The average Bonchev–Trinajstić information content (AvgIpc) is 2.49. The molecule has 0 radical (unpaired) electrons. The quantitative estimate of drug-likeness (QED) is 0.616. The molecule has 4 nitrogen and oxygen atoms in total. The third-order valence-electron chi connectivity index (χ3n) is 6.75. The minimum atomic E-state index is -0.685. The largest absolute Gasteiger partial charge is 0.390 e. The molecule has 0 heterocycles. The lowest BCUT2D eigenvalue weighted by atomic mass is 9.47. The zero-order valence-corrected chi connectivity index (χ0v) is 16.2. The van der Waals surface area contributed by atoms with E-state index >= 15 is 0 Å². The van der Waals surface area contributed by atoms with Crippen molar-refractivity contribution in [2.24, 2.45) is 22.7 Å². The Morgan fingerprint density at radius 1 is 1.16 bits per heavy atom. The topological polar surface area (TPSA) is 63.6 Å². The van der Waals surface area contributed by atoms with Gasteiger partial charge in [-0.3, -0.25) is 9.59 Å². The van der Waals surface area contributed by atoms with E-state index in [2.05, 4.69) is 20.8 Å². The SMILES string of the molecule is CO[C@@H]1C2=C(C(=O)C(=O)C(C(C)C)=C2)[C@@]2(C)CCCC(C)(C)[C@@H]2[C@H]1O. The van der Waals surface area contributed by atoms with Crippen molar-refractivity contribution in [3.63, 3.8) is 0 Å². The molecule has 0 amide bonds. The first kappa shape index (κ1) is 18.5. The van der Waals surface area contributed by atoms with Crippen molar-refractivity contribution in [3.05, 3.63) is 22.8 Å². The number of Topliss-reactive ketones (excluding diaryl/α,β-unsaturated/α-hetero) is 2. The van der Waals surface area contributed by atoms with Gasteiger partial charge < -0.3 is 9.84 Å². The van der Waals surface area contributed by atoms with Crippen LogP contribution >= 0.6 is 0 Å². The molecule has 0 unspecified atom stereocenters. The van der Waals surface area contributed by atoms with E-state index in [1.54, 1.807) is 7.11 Å². The number of carbonyl (C=O) groups excluding carboxylic acids is 2. The molecule has 0 aromatic heterocycles. The van der Waals surface area contributed by atoms with Crippen molar-refractivity contribution in [1.29, 1.82) is 0 Å². The predicted molar refractivity (Wildman–Crippen MR) is 96.0 cm³/mol. The number of fused-ring (bicyclic) bond motifs is 2. The Balaban J connectivity index is 2.28. The lowest BCUT2D eigenvalue weighted by Crippen LogP contribution is -2.59. The highest BCUT2D eigenvalue weighted by molar-refractivity contribution is 6.50. The molecule has 1 N–H and O–H groups in total. The molecule has 25 heavy (non-hydrogen) atoms. The molecular formula is C21H30O4. The molecule has 3 aliphatic rings. The monoisotopic (exact) mass is 346 g/mol. The van der Waals surface area contributed by atoms with Crippen molar-refractivity contribution in [1.82, 2.24) is 0 Å². The Morgan fingerprint density at radius 2 is 1.80 bits per heavy atom. The van der Waals surface area contributed by atoms with E-state index in [0.717, 1.165) is 24.8 Å². The molecule has 4 heteroatoms. The molecule has 0 aromatic carbocycles. The number of rotatable bonds is 2. The summed E-state index contributed by atoms with van der Waals surface area (Å²) in [4.78, 5) is 25.8. The summed E-state index contributed by atoms with van der Waals surface area (Å²) >= 11 is 0. The summed E-state index contributed by atoms with van der Waals surface area (Å²) in [5.74, 6) is -0.916. The van der Waals surface area contributed by atoms with Crippen LogP contribution in [0.2, 0.25) is 0 Å². The summed E-state index contributed by atoms with van der Waals surface area (Å²) in [5.41, 5.74) is 1.23. The Morgan fingerprint density at radius 3 is 2.36 bits per heavy atom. The van der Waals surface area contributed by atoms with Crippen LogP contribution in [0, 0.1) is 22.7 Å². The third-order valence-corrected chi connectivity index (χ3v) is 6.75. The molecule has 0 aliphatic heterocycles. The predicted octanol–water partition coefficient (Wildman–Crippen LogP) is 3.24. The fraction of sp³-hybridized carbons (Fsp3) is 0.714. The van der Waals surface area contributed by atoms with E-state index in [4.69, 9.17) is 4.74 Å². The van der Waals surface area contributed by atoms with Crippen LogP contribution in [0.4, 0.5) is 0 Å². The normalized spacial score (nSPS) is 37.8. The Bertz CT molecular complexity index is 682. The minimum Gasteiger partial charge on any atom is -0.390 e. The van der Waals surface area contributed by atoms with Crippen LogP contribution in [0.5, 0.6) is 0 Å². The fourth-order valence-electron chi connectivity index (χ4n) is 5.75. The van der Waals surface area contributed by atoms with Crippen LogP contribution in [-0.2, 0) is 14.3 Å². The molecule has 3 rings (SSSR count). The third kappa shape index (κ3) is 2.48. The number of ether oxygens (including phenoxy) is 1. The van der Waals surface area contributed by atoms with Gasteiger partial charge in [0.1, 0.15) is 6.10 Å². The fourth-order valence-corrected chi connectivity index (χ4v) is 5.75. The van der Waals surface area contributed by atoms with Crippen LogP contribution in [0.3, 0.4) is 0 Å². The zero-order chi connectivity index (χ0) is 18.7. The summed E-state index contributed by atoms with van der Waals surface area (Å²) in [6.45, 7) is 10.2. The molecule has 1 fully saturated rings. The second-order valence-corrected chi connectivity index (χ2v) is 9.13. The van der Waals surface area contributed by atoms with Crippen LogP contribution in [-0.4, -0.2) is 36.0 Å². The van der Waals surface area contributed by atoms with Crippen LogP contribution in [0.15, 0.2) is 22.8 Å². The maximum atomic E-state index is 13.1. The summed E-state index contributed by atoms with van der Waals surface area (Å²) in [5, 5.41) is 11.2. The molecule has 3 aliphatic carbocycles. The van der Waals surface area contributed by atoms with Gasteiger partial charge in [-0.05, 0) is 35.8 Å². The van der Waals surface area contributed by atoms with Gasteiger partial charge in [0.25, 0.3) is 0 Å². The molecular weight excluding hydrogens is 316 g/mol. The minimum absolute atomic E-state index is 0.0338. The second-order valence-electron chi connectivity index (χ2n) is 9.13. The number of hydrogen-bond donors (Lipinski definition) is 1. The maximum Gasteiger partial charge on any atom is 0.230 e. The van der Waals surface area contributed by atoms with Crippen molar-refractivity contribution < 1.29 is 19.4 Å². The van der Waals surface area contributed by atoms with Gasteiger partial charge in [0.05, 0.1) is 6.10 Å². The van der Waals surface area contributed by atoms with E-state index in [-0.39, 0.29) is 28.8 Å².